The van der Waals surface area contributed by atoms with Crippen LogP contribution in [-0.2, 0) is 13.1 Å². The molecule has 20 heavy (non-hydrogen) atoms. The molecule has 0 unspecified atom stereocenters. The number of nitrogens with zero attached hydrogens (tertiary/aromatic N) is 1. The number of likely N-dealkylation sites (tertiary alicyclic amines) is 1. The van der Waals surface area contributed by atoms with E-state index in [1.165, 1.54) is 44.3 Å². The van der Waals surface area contributed by atoms with Gasteiger partial charge in [0.2, 0.25) is 0 Å². The molecule has 1 aromatic heterocycles. The molecule has 114 valence electrons. The third-order valence-electron chi connectivity index (χ3n) is 5.21. The molecular weight excluding hydrogens is 248 g/mol. The largest absolute Gasteiger partial charge is 0.463 e. The van der Waals surface area contributed by atoms with E-state index in [4.69, 9.17) is 4.42 Å². The zero-order valence-electron chi connectivity index (χ0n) is 13.6. The summed E-state index contributed by atoms with van der Waals surface area (Å²) in [6.07, 6.45) is 5.32. The van der Waals surface area contributed by atoms with Gasteiger partial charge in [0.1, 0.15) is 11.5 Å². The molecular formula is C17H30N2O. The average molecular weight is 278 g/mol. The lowest BCUT2D eigenvalue weighted by atomic mass is 9.74. The van der Waals surface area contributed by atoms with Crippen LogP contribution in [0.1, 0.15) is 56.6 Å². The minimum absolute atomic E-state index is 0.604. The van der Waals surface area contributed by atoms with Crippen LogP contribution in [0.5, 0.6) is 0 Å². The number of hydrogen-bond donors (Lipinski definition) is 1. The van der Waals surface area contributed by atoms with E-state index >= 15 is 0 Å². The standard InChI is InChI=1S/C17H30N2O/c1-5-17(6-2)7-9-19(10-8-17)13-15-11-14(3)16(20-15)12-18-4/h11,18H,5-10,12-13H2,1-4H3. The van der Waals surface area contributed by atoms with Gasteiger partial charge in [-0.05, 0) is 56.9 Å². The van der Waals surface area contributed by atoms with E-state index in [0.717, 1.165) is 24.6 Å². The van der Waals surface area contributed by atoms with Crippen molar-refractivity contribution in [3.8, 4) is 0 Å². The number of nitrogens with one attached hydrogen (secondary N) is 1. The lowest BCUT2D eigenvalue weighted by Gasteiger charge is -2.40. The molecule has 0 saturated carbocycles. The van der Waals surface area contributed by atoms with E-state index in [9.17, 15) is 0 Å². The summed E-state index contributed by atoms with van der Waals surface area (Å²) in [5, 5.41) is 3.16. The molecule has 1 aromatic rings. The van der Waals surface area contributed by atoms with Crippen LogP contribution in [-0.4, -0.2) is 25.0 Å². The lowest BCUT2D eigenvalue weighted by molar-refractivity contribution is 0.0860. The molecule has 3 heteroatoms. The van der Waals surface area contributed by atoms with E-state index in [2.05, 4.69) is 37.1 Å². The molecule has 0 amide bonds. The van der Waals surface area contributed by atoms with Crippen LogP contribution >= 0.6 is 0 Å². The molecule has 0 bridgehead atoms. The number of hydrogen-bond acceptors (Lipinski definition) is 3. The summed E-state index contributed by atoms with van der Waals surface area (Å²) in [4.78, 5) is 2.55. The Bertz CT molecular complexity index is 411. The monoisotopic (exact) mass is 278 g/mol. The van der Waals surface area contributed by atoms with Crippen molar-refractivity contribution in [3.63, 3.8) is 0 Å². The summed E-state index contributed by atoms with van der Waals surface area (Å²) in [6, 6.07) is 2.20. The van der Waals surface area contributed by atoms with Gasteiger partial charge < -0.3 is 9.73 Å². The van der Waals surface area contributed by atoms with Crippen LogP contribution in [0.25, 0.3) is 0 Å². The highest BCUT2D eigenvalue weighted by Gasteiger charge is 2.31. The average Bonchev–Trinajstić information content (AvgIpc) is 2.81. The molecule has 1 fully saturated rings. The molecule has 2 rings (SSSR count). The molecule has 1 saturated heterocycles. The summed E-state index contributed by atoms with van der Waals surface area (Å²) in [5.41, 5.74) is 1.87. The van der Waals surface area contributed by atoms with Crippen LogP contribution in [0.15, 0.2) is 10.5 Å². The Labute approximate surface area is 123 Å². The van der Waals surface area contributed by atoms with Crippen molar-refractivity contribution in [1.82, 2.24) is 10.2 Å². The highest BCUT2D eigenvalue weighted by molar-refractivity contribution is 5.20. The molecule has 2 heterocycles. The summed E-state index contributed by atoms with van der Waals surface area (Å²) < 4.78 is 5.96. The zero-order valence-corrected chi connectivity index (χ0v) is 13.6. The Morgan fingerprint density at radius 3 is 2.45 bits per heavy atom. The number of rotatable bonds is 6. The van der Waals surface area contributed by atoms with Crippen LogP contribution < -0.4 is 5.32 Å². The van der Waals surface area contributed by atoms with E-state index in [1.54, 1.807) is 0 Å². The molecule has 3 nitrogen and oxygen atoms in total. The van der Waals surface area contributed by atoms with Crippen molar-refractivity contribution in [3.05, 3.63) is 23.2 Å². The van der Waals surface area contributed by atoms with Gasteiger partial charge in [-0.15, -0.1) is 0 Å². The topological polar surface area (TPSA) is 28.4 Å². The van der Waals surface area contributed by atoms with E-state index in [1.807, 2.05) is 7.05 Å². The molecule has 1 aliphatic rings. The summed E-state index contributed by atoms with van der Waals surface area (Å²) in [7, 11) is 1.96. The molecule has 1 N–H and O–H groups in total. The fraction of sp³-hybridized carbons (Fsp3) is 0.765. The third-order valence-corrected chi connectivity index (χ3v) is 5.21. The molecule has 0 radical (unpaired) electrons. The lowest BCUT2D eigenvalue weighted by Crippen LogP contribution is -2.39. The first-order chi connectivity index (χ1) is 9.62. The fourth-order valence-electron chi connectivity index (χ4n) is 3.37. The molecule has 1 aliphatic heterocycles. The predicted octanol–water partition coefficient (Wildman–Crippen LogP) is 3.71. The van der Waals surface area contributed by atoms with Gasteiger partial charge in [0.25, 0.3) is 0 Å². The van der Waals surface area contributed by atoms with E-state index < -0.39 is 0 Å². The van der Waals surface area contributed by atoms with Gasteiger partial charge >= 0.3 is 0 Å². The second kappa shape index (κ2) is 6.77. The Hall–Kier alpha value is -0.800. The van der Waals surface area contributed by atoms with Gasteiger partial charge in [0.15, 0.2) is 0 Å². The van der Waals surface area contributed by atoms with Gasteiger partial charge in [-0.2, -0.15) is 0 Å². The second-order valence-corrected chi connectivity index (χ2v) is 6.33. The maximum absolute atomic E-state index is 5.96. The minimum Gasteiger partial charge on any atom is -0.463 e. The maximum atomic E-state index is 5.96. The van der Waals surface area contributed by atoms with Gasteiger partial charge in [0, 0.05) is 0 Å². The predicted molar refractivity (Wildman–Crippen MR) is 83.7 cm³/mol. The number of furan rings is 1. The smallest absolute Gasteiger partial charge is 0.120 e. The van der Waals surface area contributed by atoms with Crippen LogP contribution in [0.2, 0.25) is 0 Å². The summed E-state index contributed by atoms with van der Waals surface area (Å²) >= 11 is 0. The van der Waals surface area contributed by atoms with Crippen molar-refractivity contribution < 1.29 is 4.42 Å². The fourth-order valence-corrected chi connectivity index (χ4v) is 3.37. The minimum atomic E-state index is 0.604. The quantitative estimate of drug-likeness (QED) is 0.860. The van der Waals surface area contributed by atoms with Gasteiger partial charge in [-0.25, -0.2) is 0 Å². The number of aryl methyl sites for hydroxylation is 1. The third kappa shape index (κ3) is 3.44. The van der Waals surface area contributed by atoms with Gasteiger partial charge in [-0.3, -0.25) is 4.90 Å². The first-order valence-corrected chi connectivity index (χ1v) is 8.07. The van der Waals surface area contributed by atoms with Crippen molar-refractivity contribution in [2.45, 2.75) is 59.5 Å². The van der Waals surface area contributed by atoms with Crippen molar-refractivity contribution in [2.75, 3.05) is 20.1 Å². The molecule has 0 spiro atoms. The van der Waals surface area contributed by atoms with E-state index in [-0.39, 0.29) is 0 Å². The molecule has 0 aliphatic carbocycles. The maximum Gasteiger partial charge on any atom is 0.120 e. The van der Waals surface area contributed by atoms with Crippen molar-refractivity contribution >= 4 is 0 Å². The highest BCUT2D eigenvalue weighted by atomic mass is 16.3. The SMILES string of the molecule is CCC1(CC)CCN(Cc2cc(C)c(CNC)o2)CC1. The normalized spacial score (nSPS) is 19.4. The highest BCUT2D eigenvalue weighted by Crippen LogP contribution is 2.38. The summed E-state index contributed by atoms with van der Waals surface area (Å²) in [6.45, 7) is 11.0. The molecule has 0 aromatic carbocycles. The number of piperidine rings is 1. The van der Waals surface area contributed by atoms with Crippen molar-refractivity contribution in [1.29, 1.82) is 0 Å². The first-order valence-electron chi connectivity index (χ1n) is 8.07. The molecule has 0 atom stereocenters. The first kappa shape index (κ1) is 15.6. The Kier molecular flexibility index (Phi) is 5.28. The van der Waals surface area contributed by atoms with Crippen LogP contribution in [0, 0.1) is 12.3 Å². The van der Waals surface area contributed by atoms with Gasteiger partial charge in [-0.1, -0.05) is 26.7 Å². The Morgan fingerprint density at radius 2 is 1.90 bits per heavy atom. The Morgan fingerprint density at radius 1 is 1.25 bits per heavy atom. The van der Waals surface area contributed by atoms with Crippen LogP contribution in [0.3, 0.4) is 0 Å². The van der Waals surface area contributed by atoms with E-state index in [0.29, 0.717) is 5.41 Å². The summed E-state index contributed by atoms with van der Waals surface area (Å²) in [5.74, 6) is 2.20. The van der Waals surface area contributed by atoms with Gasteiger partial charge in [0.05, 0.1) is 13.1 Å². The zero-order chi connectivity index (χ0) is 14.6. The van der Waals surface area contributed by atoms with Crippen molar-refractivity contribution in [2.24, 2.45) is 5.41 Å². The Balaban J connectivity index is 1.91. The van der Waals surface area contributed by atoms with Crippen LogP contribution in [0.4, 0.5) is 0 Å². The second-order valence-electron chi connectivity index (χ2n) is 6.33.